The van der Waals surface area contributed by atoms with Crippen LogP contribution in [0.4, 0.5) is 0 Å². The molecule has 1 fully saturated rings. The van der Waals surface area contributed by atoms with Gasteiger partial charge in [-0.1, -0.05) is 6.07 Å². The maximum atomic E-state index is 3.65. The highest BCUT2D eigenvalue weighted by Crippen LogP contribution is 2.32. The average molecular weight is 266 g/mol. The number of nitrogens with zero attached hydrogens (tertiary/aromatic N) is 1. The summed E-state index contributed by atoms with van der Waals surface area (Å²) in [5.41, 5.74) is 0. The molecule has 0 aromatic carbocycles. The molecule has 2 atom stereocenters. The second-order valence-corrected chi connectivity index (χ2v) is 6.73. The maximum Gasteiger partial charge on any atom is 0.0113 e. The minimum absolute atomic E-state index is 0.627. The number of hydrogen-bond acceptors (Lipinski definition) is 3. The lowest BCUT2D eigenvalue weighted by Gasteiger charge is -2.25. The topological polar surface area (TPSA) is 15.3 Å². The van der Waals surface area contributed by atoms with Crippen LogP contribution in [-0.2, 0) is 6.42 Å². The Morgan fingerprint density at radius 3 is 2.83 bits per heavy atom. The normalized spacial score (nSPS) is 19.1. The van der Waals surface area contributed by atoms with Gasteiger partial charge in [-0.15, -0.1) is 11.3 Å². The van der Waals surface area contributed by atoms with Crippen LogP contribution in [0.3, 0.4) is 0 Å². The van der Waals surface area contributed by atoms with E-state index in [2.05, 4.69) is 48.6 Å². The SMILES string of the molecule is CC(NCCN(C)C(C)Cc1cccs1)C1CC1. The van der Waals surface area contributed by atoms with E-state index in [-0.39, 0.29) is 0 Å². The summed E-state index contributed by atoms with van der Waals surface area (Å²) in [5.74, 6) is 0.957. The Kier molecular flexibility index (Phi) is 5.22. The van der Waals surface area contributed by atoms with Crippen LogP contribution in [0.15, 0.2) is 17.5 Å². The predicted molar refractivity (Wildman–Crippen MR) is 80.3 cm³/mol. The molecule has 1 aromatic heterocycles. The first-order valence-electron chi connectivity index (χ1n) is 7.13. The van der Waals surface area contributed by atoms with Crippen molar-refractivity contribution in [3.8, 4) is 0 Å². The lowest BCUT2D eigenvalue weighted by Crippen LogP contribution is -2.39. The third-order valence-electron chi connectivity index (χ3n) is 4.09. The molecule has 3 heteroatoms. The predicted octanol–water partition coefficient (Wildman–Crippen LogP) is 3.00. The maximum absolute atomic E-state index is 3.65. The third-order valence-corrected chi connectivity index (χ3v) is 4.99. The first-order chi connectivity index (χ1) is 8.66. The zero-order valence-electron chi connectivity index (χ0n) is 11.9. The zero-order valence-corrected chi connectivity index (χ0v) is 12.7. The van der Waals surface area contributed by atoms with Crippen LogP contribution in [0.5, 0.6) is 0 Å². The molecule has 1 heterocycles. The highest BCUT2D eigenvalue weighted by atomic mass is 32.1. The smallest absolute Gasteiger partial charge is 0.0113 e. The van der Waals surface area contributed by atoms with E-state index in [0.717, 1.165) is 19.0 Å². The summed E-state index contributed by atoms with van der Waals surface area (Å²) in [7, 11) is 2.24. The Balaban J connectivity index is 1.62. The minimum atomic E-state index is 0.627. The molecule has 1 N–H and O–H groups in total. The van der Waals surface area contributed by atoms with Crippen molar-refractivity contribution in [3.05, 3.63) is 22.4 Å². The molecule has 1 aliphatic carbocycles. The molecule has 1 aliphatic rings. The number of nitrogens with one attached hydrogen (secondary N) is 1. The number of rotatable bonds is 8. The fourth-order valence-electron chi connectivity index (χ4n) is 2.33. The number of hydrogen-bond donors (Lipinski definition) is 1. The summed E-state index contributed by atoms with van der Waals surface area (Å²) in [6.45, 7) is 6.91. The van der Waals surface area contributed by atoms with Crippen molar-refractivity contribution < 1.29 is 0 Å². The van der Waals surface area contributed by atoms with Crippen LogP contribution in [0.2, 0.25) is 0 Å². The van der Waals surface area contributed by atoms with Gasteiger partial charge in [0.2, 0.25) is 0 Å². The first-order valence-corrected chi connectivity index (χ1v) is 8.01. The zero-order chi connectivity index (χ0) is 13.0. The third kappa shape index (κ3) is 4.38. The molecule has 1 saturated carbocycles. The van der Waals surface area contributed by atoms with E-state index in [4.69, 9.17) is 0 Å². The van der Waals surface area contributed by atoms with Crippen LogP contribution < -0.4 is 5.32 Å². The lowest BCUT2D eigenvalue weighted by atomic mass is 10.2. The molecule has 0 spiro atoms. The van der Waals surface area contributed by atoms with Crippen LogP contribution >= 0.6 is 11.3 Å². The quantitative estimate of drug-likeness (QED) is 0.778. The summed E-state index contributed by atoms with van der Waals surface area (Å²) in [6.07, 6.45) is 4.03. The van der Waals surface area contributed by atoms with Crippen molar-refractivity contribution in [2.24, 2.45) is 5.92 Å². The van der Waals surface area contributed by atoms with E-state index in [1.165, 1.54) is 24.1 Å². The minimum Gasteiger partial charge on any atom is -0.313 e. The van der Waals surface area contributed by atoms with Crippen molar-refractivity contribution in [2.75, 3.05) is 20.1 Å². The molecule has 0 bridgehead atoms. The van der Waals surface area contributed by atoms with Gasteiger partial charge in [0.05, 0.1) is 0 Å². The standard InChI is InChI=1S/C15H26N2S/c1-12(11-15-5-4-10-18-15)17(3)9-8-16-13(2)14-6-7-14/h4-5,10,12-14,16H,6-9,11H2,1-3H3. The second kappa shape index (κ2) is 6.69. The van der Waals surface area contributed by atoms with Crippen molar-refractivity contribution in [1.29, 1.82) is 0 Å². The van der Waals surface area contributed by atoms with Gasteiger partial charge in [0.15, 0.2) is 0 Å². The van der Waals surface area contributed by atoms with Gasteiger partial charge >= 0.3 is 0 Å². The molecular weight excluding hydrogens is 240 g/mol. The van der Waals surface area contributed by atoms with Crippen LogP contribution in [-0.4, -0.2) is 37.1 Å². The fourth-order valence-corrected chi connectivity index (χ4v) is 3.15. The molecule has 0 saturated heterocycles. The van der Waals surface area contributed by atoms with E-state index in [0.29, 0.717) is 12.1 Å². The van der Waals surface area contributed by atoms with Gasteiger partial charge in [-0.05, 0) is 57.5 Å². The fraction of sp³-hybridized carbons (Fsp3) is 0.733. The van der Waals surface area contributed by atoms with E-state index in [9.17, 15) is 0 Å². The van der Waals surface area contributed by atoms with Gasteiger partial charge in [0, 0.05) is 30.1 Å². The van der Waals surface area contributed by atoms with Crippen LogP contribution in [0.1, 0.15) is 31.6 Å². The Morgan fingerprint density at radius 2 is 2.22 bits per heavy atom. The molecule has 2 rings (SSSR count). The van der Waals surface area contributed by atoms with Gasteiger partial charge in [0.25, 0.3) is 0 Å². The van der Waals surface area contributed by atoms with Crippen LogP contribution in [0, 0.1) is 5.92 Å². The van der Waals surface area contributed by atoms with Crippen LogP contribution in [0.25, 0.3) is 0 Å². The van der Waals surface area contributed by atoms with Gasteiger partial charge < -0.3 is 10.2 Å². The molecular formula is C15H26N2S. The van der Waals surface area contributed by atoms with Gasteiger partial charge in [0.1, 0.15) is 0 Å². The monoisotopic (exact) mass is 266 g/mol. The number of likely N-dealkylation sites (N-methyl/N-ethyl adjacent to an activating group) is 1. The van der Waals surface area contributed by atoms with Crippen molar-refractivity contribution in [2.45, 2.75) is 45.2 Å². The highest BCUT2D eigenvalue weighted by molar-refractivity contribution is 7.09. The summed E-state index contributed by atoms with van der Waals surface area (Å²) in [5, 5.41) is 5.82. The molecule has 1 aromatic rings. The van der Waals surface area contributed by atoms with E-state index < -0.39 is 0 Å². The molecule has 2 nitrogen and oxygen atoms in total. The summed E-state index contributed by atoms with van der Waals surface area (Å²) in [6, 6.07) is 5.72. The Hall–Kier alpha value is -0.380. The van der Waals surface area contributed by atoms with E-state index >= 15 is 0 Å². The summed E-state index contributed by atoms with van der Waals surface area (Å²) < 4.78 is 0. The van der Waals surface area contributed by atoms with Crippen molar-refractivity contribution >= 4 is 11.3 Å². The van der Waals surface area contributed by atoms with Crippen molar-refractivity contribution in [1.82, 2.24) is 10.2 Å². The van der Waals surface area contributed by atoms with E-state index in [1.54, 1.807) is 0 Å². The Labute approximate surface area is 115 Å². The highest BCUT2D eigenvalue weighted by Gasteiger charge is 2.27. The summed E-state index contributed by atoms with van der Waals surface area (Å²) >= 11 is 1.87. The molecule has 18 heavy (non-hydrogen) atoms. The Morgan fingerprint density at radius 1 is 1.44 bits per heavy atom. The Bertz CT molecular complexity index is 332. The molecule has 102 valence electrons. The summed E-state index contributed by atoms with van der Waals surface area (Å²) in [4.78, 5) is 3.96. The lowest BCUT2D eigenvalue weighted by molar-refractivity contribution is 0.252. The molecule has 2 unspecified atom stereocenters. The molecule has 0 aliphatic heterocycles. The van der Waals surface area contributed by atoms with Gasteiger partial charge in [-0.2, -0.15) is 0 Å². The largest absolute Gasteiger partial charge is 0.313 e. The van der Waals surface area contributed by atoms with Gasteiger partial charge in [-0.25, -0.2) is 0 Å². The van der Waals surface area contributed by atoms with Gasteiger partial charge in [-0.3, -0.25) is 0 Å². The van der Waals surface area contributed by atoms with E-state index in [1.807, 2.05) is 11.3 Å². The average Bonchev–Trinajstić information content (AvgIpc) is 3.08. The molecule has 0 radical (unpaired) electrons. The van der Waals surface area contributed by atoms with Crippen molar-refractivity contribution in [3.63, 3.8) is 0 Å². The molecule has 0 amide bonds. The first kappa shape index (κ1) is 14.0. The number of thiophene rings is 1. The second-order valence-electron chi connectivity index (χ2n) is 5.69.